The van der Waals surface area contributed by atoms with E-state index in [2.05, 4.69) is 0 Å². The second-order valence-electron chi connectivity index (χ2n) is 3.99. The molecule has 1 unspecified atom stereocenters. The van der Waals surface area contributed by atoms with E-state index in [0.717, 1.165) is 6.07 Å². The predicted molar refractivity (Wildman–Crippen MR) is 61.4 cm³/mol. The molecular weight excluding hydrogens is 228 g/mol. The molecule has 1 atom stereocenters. The molecular formula is C12H15F2NO2. The Morgan fingerprint density at radius 1 is 1.41 bits per heavy atom. The Bertz CT molecular complexity index is 433. The number of aliphatic carboxylic acids is 1. The molecule has 94 valence electrons. The van der Waals surface area contributed by atoms with Crippen LogP contribution in [0.5, 0.6) is 0 Å². The van der Waals surface area contributed by atoms with E-state index < -0.39 is 23.5 Å². The zero-order valence-electron chi connectivity index (χ0n) is 10.00. The monoisotopic (exact) mass is 243 g/mol. The number of nitrogens with zero attached hydrogens (tertiary/aromatic N) is 1. The van der Waals surface area contributed by atoms with Crippen LogP contribution in [0.1, 0.15) is 24.8 Å². The summed E-state index contributed by atoms with van der Waals surface area (Å²) in [5, 5.41) is 9.06. The van der Waals surface area contributed by atoms with Crippen molar-refractivity contribution in [3.8, 4) is 0 Å². The van der Waals surface area contributed by atoms with Gasteiger partial charge in [0.1, 0.15) is 0 Å². The molecule has 0 fully saturated rings. The van der Waals surface area contributed by atoms with Gasteiger partial charge in [-0.3, -0.25) is 4.79 Å². The van der Waals surface area contributed by atoms with Crippen LogP contribution >= 0.6 is 0 Å². The lowest BCUT2D eigenvalue weighted by Gasteiger charge is -2.21. The highest BCUT2D eigenvalue weighted by Crippen LogP contribution is 2.32. The topological polar surface area (TPSA) is 40.5 Å². The van der Waals surface area contributed by atoms with Gasteiger partial charge in [-0.15, -0.1) is 0 Å². The average Bonchev–Trinajstić information content (AvgIpc) is 2.23. The second-order valence-corrected chi connectivity index (χ2v) is 3.99. The molecule has 3 nitrogen and oxygen atoms in total. The van der Waals surface area contributed by atoms with Crippen molar-refractivity contribution in [2.75, 3.05) is 19.0 Å². The fourth-order valence-corrected chi connectivity index (χ4v) is 1.82. The van der Waals surface area contributed by atoms with Crippen LogP contribution in [-0.2, 0) is 4.79 Å². The van der Waals surface area contributed by atoms with Gasteiger partial charge in [0.25, 0.3) is 0 Å². The molecule has 1 rings (SSSR count). The summed E-state index contributed by atoms with van der Waals surface area (Å²) in [4.78, 5) is 12.5. The number of hydrogen-bond donors (Lipinski definition) is 1. The molecule has 1 aromatic rings. The molecule has 0 saturated heterocycles. The fraction of sp³-hybridized carbons (Fsp3) is 0.417. The molecule has 0 spiro atoms. The Labute approximate surface area is 98.7 Å². The maximum Gasteiger partial charge on any atom is 0.311 e. The minimum absolute atomic E-state index is 0.000694. The molecule has 0 aliphatic carbocycles. The fourth-order valence-electron chi connectivity index (χ4n) is 1.82. The Balaban J connectivity index is 3.42. The largest absolute Gasteiger partial charge is 0.481 e. The molecule has 0 bridgehead atoms. The van der Waals surface area contributed by atoms with Crippen LogP contribution < -0.4 is 4.90 Å². The van der Waals surface area contributed by atoms with Crippen LogP contribution in [0.3, 0.4) is 0 Å². The van der Waals surface area contributed by atoms with E-state index in [1.807, 2.05) is 0 Å². The van der Waals surface area contributed by atoms with Gasteiger partial charge < -0.3 is 10.0 Å². The third kappa shape index (κ3) is 2.54. The molecule has 0 aliphatic heterocycles. The first-order chi connectivity index (χ1) is 7.90. The molecule has 0 amide bonds. The summed E-state index contributed by atoms with van der Waals surface area (Å²) < 4.78 is 26.8. The lowest BCUT2D eigenvalue weighted by atomic mass is 9.94. The maximum absolute atomic E-state index is 13.7. The Morgan fingerprint density at radius 2 is 2.00 bits per heavy atom. The summed E-state index contributed by atoms with van der Waals surface area (Å²) in [5.74, 6) is -3.85. The number of carbonyl (C=O) groups is 1. The Morgan fingerprint density at radius 3 is 2.41 bits per heavy atom. The molecule has 5 heteroatoms. The highest BCUT2D eigenvalue weighted by atomic mass is 19.2. The van der Waals surface area contributed by atoms with Crippen molar-refractivity contribution in [3.63, 3.8) is 0 Å². The third-order valence-electron chi connectivity index (χ3n) is 2.63. The van der Waals surface area contributed by atoms with Gasteiger partial charge in [0.2, 0.25) is 0 Å². The van der Waals surface area contributed by atoms with Crippen LogP contribution in [0.15, 0.2) is 12.1 Å². The predicted octanol–water partition coefficient (Wildman–Crippen LogP) is 2.61. The van der Waals surface area contributed by atoms with E-state index in [9.17, 15) is 13.6 Å². The summed E-state index contributed by atoms with van der Waals surface area (Å²) in [6.07, 6.45) is 0.321. The summed E-state index contributed by atoms with van der Waals surface area (Å²) >= 11 is 0. The minimum Gasteiger partial charge on any atom is -0.481 e. The lowest BCUT2D eigenvalue weighted by molar-refractivity contribution is -0.138. The normalized spacial score (nSPS) is 12.3. The first-order valence-electron chi connectivity index (χ1n) is 5.28. The summed E-state index contributed by atoms with van der Waals surface area (Å²) in [6.45, 7) is 1.69. The standard InChI is InChI=1S/C12H15F2NO2/c1-4-7(12(16)17)8-5-6-9(13)10(14)11(8)15(2)3/h5-7H,4H2,1-3H3,(H,16,17). The highest BCUT2D eigenvalue weighted by Gasteiger charge is 2.25. The van der Waals surface area contributed by atoms with E-state index in [-0.39, 0.29) is 5.69 Å². The zero-order valence-corrected chi connectivity index (χ0v) is 10.00. The number of halogens is 2. The van der Waals surface area contributed by atoms with Crippen LogP contribution in [0.4, 0.5) is 14.5 Å². The third-order valence-corrected chi connectivity index (χ3v) is 2.63. The lowest BCUT2D eigenvalue weighted by Crippen LogP contribution is -2.19. The van der Waals surface area contributed by atoms with Gasteiger partial charge in [-0.2, -0.15) is 0 Å². The van der Waals surface area contributed by atoms with Gasteiger partial charge >= 0.3 is 5.97 Å². The van der Waals surface area contributed by atoms with Gasteiger partial charge in [-0.25, -0.2) is 8.78 Å². The van der Waals surface area contributed by atoms with Crippen molar-refractivity contribution in [1.29, 1.82) is 0 Å². The van der Waals surface area contributed by atoms with Crippen molar-refractivity contribution < 1.29 is 18.7 Å². The summed E-state index contributed by atoms with van der Waals surface area (Å²) in [7, 11) is 3.10. The van der Waals surface area contributed by atoms with E-state index in [1.54, 1.807) is 21.0 Å². The van der Waals surface area contributed by atoms with Crippen molar-refractivity contribution in [2.45, 2.75) is 19.3 Å². The second kappa shape index (κ2) is 5.12. The smallest absolute Gasteiger partial charge is 0.311 e. The highest BCUT2D eigenvalue weighted by molar-refractivity contribution is 5.79. The van der Waals surface area contributed by atoms with Gasteiger partial charge in [-0.1, -0.05) is 13.0 Å². The number of carboxylic acid groups (broad SMARTS) is 1. The van der Waals surface area contributed by atoms with E-state index in [4.69, 9.17) is 5.11 Å². The average molecular weight is 243 g/mol. The minimum atomic E-state index is -1.04. The number of anilines is 1. The van der Waals surface area contributed by atoms with Crippen molar-refractivity contribution in [2.24, 2.45) is 0 Å². The van der Waals surface area contributed by atoms with E-state index in [0.29, 0.717) is 12.0 Å². The molecule has 0 aliphatic rings. The van der Waals surface area contributed by atoms with Gasteiger partial charge in [0, 0.05) is 14.1 Å². The first kappa shape index (κ1) is 13.4. The zero-order chi connectivity index (χ0) is 13.2. The van der Waals surface area contributed by atoms with E-state index >= 15 is 0 Å². The molecule has 17 heavy (non-hydrogen) atoms. The summed E-state index contributed by atoms with van der Waals surface area (Å²) in [6, 6.07) is 2.29. The molecule has 0 saturated carbocycles. The first-order valence-corrected chi connectivity index (χ1v) is 5.28. The molecule has 1 N–H and O–H groups in total. The number of carboxylic acids is 1. The molecule has 0 aromatic heterocycles. The molecule has 0 heterocycles. The Hall–Kier alpha value is -1.65. The number of rotatable bonds is 4. The van der Waals surface area contributed by atoms with Gasteiger partial charge in [0.15, 0.2) is 11.6 Å². The molecule has 1 aromatic carbocycles. The number of benzene rings is 1. The van der Waals surface area contributed by atoms with Gasteiger partial charge in [-0.05, 0) is 18.1 Å². The SMILES string of the molecule is CCC(C(=O)O)c1ccc(F)c(F)c1N(C)C. The maximum atomic E-state index is 13.7. The van der Waals surface area contributed by atoms with Crippen LogP contribution in [0, 0.1) is 11.6 Å². The van der Waals surface area contributed by atoms with Crippen molar-refractivity contribution >= 4 is 11.7 Å². The van der Waals surface area contributed by atoms with Crippen molar-refractivity contribution in [3.05, 3.63) is 29.3 Å². The molecule has 0 radical (unpaired) electrons. The van der Waals surface area contributed by atoms with Crippen LogP contribution in [-0.4, -0.2) is 25.2 Å². The quantitative estimate of drug-likeness (QED) is 0.883. The van der Waals surface area contributed by atoms with Crippen LogP contribution in [0.25, 0.3) is 0 Å². The van der Waals surface area contributed by atoms with E-state index in [1.165, 1.54) is 11.0 Å². The van der Waals surface area contributed by atoms with Gasteiger partial charge in [0.05, 0.1) is 11.6 Å². The summed E-state index contributed by atoms with van der Waals surface area (Å²) in [5.41, 5.74) is 0.295. The van der Waals surface area contributed by atoms with Crippen molar-refractivity contribution in [1.82, 2.24) is 0 Å². The number of hydrogen-bond acceptors (Lipinski definition) is 2. The Kier molecular flexibility index (Phi) is 4.04. The van der Waals surface area contributed by atoms with Crippen LogP contribution in [0.2, 0.25) is 0 Å².